The summed E-state index contributed by atoms with van der Waals surface area (Å²) in [6.07, 6.45) is 22.0. The van der Waals surface area contributed by atoms with Gasteiger partial charge < -0.3 is 23.7 Å². The number of unbranched alkanes of at least 4 members (excludes halogenated alkanes) is 15. The Kier molecular flexibility index (Phi) is 23.3. The molecule has 5 nitrogen and oxygen atoms in total. The summed E-state index contributed by atoms with van der Waals surface area (Å²) in [4.78, 5) is 0. The first-order valence-electron chi connectivity index (χ1n) is 21.8. The van der Waals surface area contributed by atoms with Crippen LogP contribution < -0.4 is 23.7 Å². The van der Waals surface area contributed by atoms with Crippen molar-refractivity contribution in [2.24, 2.45) is 0 Å². The third-order valence-corrected chi connectivity index (χ3v) is 10.4. The summed E-state index contributed by atoms with van der Waals surface area (Å²) in [6.45, 7) is 16.4. The van der Waals surface area contributed by atoms with Crippen molar-refractivity contribution in [2.45, 2.75) is 169 Å². The van der Waals surface area contributed by atoms with Crippen molar-refractivity contribution in [3.05, 3.63) is 77.4 Å². The minimum absolute atomic E-state index is 0.394. The minimum Gasteiger partial charge on any atom is -0.490 e. The molecule has 0 N–H and O–H groups in total. The normalized spacial score (nSPS) is 11.2. The average molecular weight is 771 g/mol. The molecular weight excluding hydrogens is 697 g/mol. The molecule has 0 atom stereocenters. The van der Waals surface area contributed by atoms with E-state index in [1.165, 1.54) is 96.3 Å². The predicted octanol–water partition coefficient (Wildman–Crippen LogP) is 14.3. The zero-order valence-corrected chi connectivity index (χ0v) is 36.6. The quantitative estimate of drug-likeness (QED) is 0.0384. The largest absolute Gasteiger partial charge is 0.490 e. The molecule has 3 aromatic carbocycles. The maximum atomic E-state index is 6.50. The van der Waals surface area contributed by atoms with Crippen LogP contribution in [0.25, 0.3) is 0 Å². The van der Waals surface area contributed by atoms with Gasteiger partial charge in [-0.25, -0.2) is 0 Å². The van der Waals surface area contributed by atoms with E-state index in [-0.39, 0.29) is 0 Å². The lowest BCUT2D eigenvalue weighted by molar-refractivity contribution is 0.232. The smallest absolute Gasteiger partial charge is 0.203 e. The van der Waals surface area contributed by atoms with Gasteiger partial charge in [0.2, 0.25) is 5.75 Å². The molecule has 55 heavy (non-hydrogen) atoms. The molecule has 3 rings (SSSR count). The second kappa shape index (κ2) is 27.9. The fourth-order valence-corrected chi connectivity index (χ4v) is 6.69. The SMILES string of the molecule is CCCCCCCCOc1cc(COc2ccc(OCc3ccc(C#C[Si](C)(C)C)cc3)cc2)cc(OCCCCCCCC)c1OCCCCCCCC. The first kappa shape index (κ1) is 45.8. The van der Waals surface area contributed by atoms with Crippen LogP contribution in [-0.2, 0) is 13.2 Å². The molecule has 0 fully saturated rings. The molecule has 0 heterocycles. The molecule has 6 heteroatoms. The van der Waals surface area contributed by atoms with Crippen molar-refractivity contribution in [1.29, 1.82) is 0 Å². The van der Waals surface area contributed by atoms with E-state index in [2.05, 4.69) is 88.3 Å². The summed E-state index contributed by atoms with van der Waals surface area (Å²) in [5.74, 6) is 7.17. The molecule has 3 aromatic rings. The molecule has 0 aromatic heterocycles. The summed E-state index contributed by atoms with van der Waals surface area (Å²) in [6, 6.07) is 20.4. The first-order chi connectivity index (χ1) is 26.8. The van der Waals surface area contributed by atoms with E-state index < -0.39 is 8.07 Å². The highest BCUT2D eigenvalue weighted by molar-refractivity contribution is 6.83. The molecule has 0 saturated carbocycles. The highest BCUT2D eigenvalue weighted by atomic mass is 28.3. The Labute approximate surface area is 337 Å². The lowest BCUT2D eigenvalue weighted by atomic mass is 10.1. The van der Waals surface area contributed by atoms with Crippen molar-refractivity contribution < 1.29 is 23.7 Å². The van der Waals surface area contributed by atoms with Gasteiger partial charge in [0.1, 0.15) is 32.8 Å². The van der Waals surface area contributed by atoms with E-state index in [4.69, 9.17) is 23.7 Å². The van der Waals surface area contributed by atoms with Gasteiger partial charge in [0.05, 0.1) is 19.8 Å². The first-order valence-corrected chi connectivity index (χ1v) is 25.3. The molecule has 0 aliphatic rings. The van der Waals surface area contributed by atoms with Crippen molar-refractivity contribution in [3.8, 4) is 40.2 Å². The summed E-state index contributed by atoms with van der Waals surface area (Å²) in [5, 5.41) is 0. The van der Waals surface area contributed by atoms with Gasteiger partial charge >= 0.3 is 0 Å². The van der Waals surface area contributed by atoms with E-state index in [9.17, 15) is 0 Å². The molecule has 0 spiro atoms. The van der Waals surface area contributed by atoms with Crippen LogP contribution in [0.15, 0.2) is 60.7 Å². The Morgan fingerprint density at radius 3 is 1.27 bits per heavy atom. The third-order valence-electron chi connectivity index (χ3n) is 9.51. The Morgan fingerprint density at radius 1 is 0.436 bits per heavy atom. The lowest BCUT2D eigenvalue weighted by Gasteiger charge is -2.19. The Hall–Kier alpha value is -3.56. The van der Waals surface area contributed by atoms with Gasteiger partial charge in [0, 0.05) is 5.56 Å². The Bertz CT molecular complexity index is 1440. The van der Waals surface area contributed by atoms with Gasteiger partial charge in [-0.2, -0.15) is 0 Å². The standard InChI is InChI=1S/C49H74O5Si/c1-7-10-13-16-19-22-34-50-47-38-44(39-48(51-35-23-20-17-14-11-8-2)49(47)52-36-24-21-18-15-12-9-3)41-54-46-31-29-45(30-32-46)53-40-43-27-25-42(26-28-43)33-37-55(4,5)6/h25-32,38-39H,7-24,34-36,40-41H2,1-6H3. The minimum atomic E-state index is -1.40. The highest BCUT2D eigenvalue weighted by Gasteiger charge is 2.17. The molecule has 304 valence electrons. The van der Waals surface area contributed by atoms with Crippen LogP contribution in [0.4, 0.5) is 0 Å². The summed E-state index contributed by atoms with van der Waals surface area (Å²) < 4.78 is 31.9. The van der Waals surface area contributed by atoms with Crippen molar-refractivity contribution >= 4 is 8.07 Å². The molecule has 0 saturated heterocycles. The van der Waals surface area contributed by atoms with Crippen molar-refractivity contribution in [2.75, 3.05) is 19.8 Å². The molecule has 0 amide bonds. The maximum absolute atomic E-state index is 6.50. The molecule has 0 unspecified atom stereocenters. The highest BCUT2D eigenvalue weighted by Crippen LogP contribution is 2.40. The second-order valence-electron chi connectivity index (χ2n) is 16.0. The molecule has 0 aliphatic carbocycles. The van der Waals surface area contributed by atoms with Crippen LogP contribution in [-0.4, -0.2) is 27.9 Å². The topological polar surface area (TPSA) is 46.2 Å². The van der Waals surface area contributed by atoms with E-state index in [1.807, 2.05) is 24.3 Å². The average Bonchev–Trinajstić information content (AvgIpc) is 3.18. The van der Waals surface area contributed by atoms with Crippen LogP contribution in [0.1, 0.15) is 153 Å². The molecule has 0 bridgehead atoms. The van der Waals surface area contributed by atoms with E-state index in [0.29, 0.717) is 33.0 Å². The van der Waals surface area contributed by atoms with E-state index in [1.54, 1.807) is 0 Å². The zero-order chi connectivity index (χ0) is 39.4. The summed E-state index contributed by atoms with van der Waals surface area (Å²) >= 11 is 0. The van der Waals surface area contributed by atoms with Gasteiger partial charge in [-0.15, -0.1) is 5.54 Å². The monoisotopic (exact) mass is 771 g/mol. The lowest BCUT2D eigenvalue weighted by Crippen LogP contribution is -2.16. The molecule has 0 aliphatic heterocycles. The number of rotatable bonds is 30. The fraction of sp³-hybridized carbons (Fsp3) is 0.592. The molecule has 0 radical (unpaired) electrons. The second-order valence-corrected chi connectivity index (χ2v) is 20.8. The molecular formula is C49H74O5Si. The maximum Gasteiger partial charge on any atom is 0.203 e. The van der Waals surface area contributed by atoms with Gasteiger partial charge in [-0.05, 0) is 78.9 Å². The third kappa shape index (κ3) is 20.8. The van der Waals surface area contributed by atoms with E-state index in [0.717, 1.165) is 64.7 Å². The van der Waals surface area contributed by atoms with Crippen LogP contribution >= 0.6 is 0 Å². The number of benzene rings is 3. The van der Waals surface area contributed by atoms with Crippen LogP contribution in [0, 0.1) is 11.5 Å². The zero-order valence-electron chi connectivity index (χ0n) is 35.6. The Morgan fingerprint density at radius 2 is 0.836 bits per heavy atom. The number of ether oxygens (including phenoxy) is 5. The van der Waals surface area contributed by atoms with Crippen molar-refractivity contribution in [1.82, 2.24) is 0 Å². The van der Waals surface area contributed by atoms with Crippen LogP contribution in [0.5, 0.6) is 28.7 Å². The van der Waals surface area contributed by atoms with Gasteiger partial charge in [0.15, 0.2) is 11.5 Å². The van der Waals surface area contributed by atoms with Crippen LogP contribution in [0.2, 0.25) is 19.6 Å². The van der Waals surface area contributed by atoms with Crippen LogP contribution in [0.3, 0.4) is 0 Å². The predicted molar refractivity (Wildman–Crippen MR) is 235 cm³/mol. The summed E-state index contributed by atoms with van der Waals surface area (Å²) in [5.41, 5.74) is 6.59. The van der Waals surface area contributed by atoms with E-state index >= 15 is 0 Å². The van der Waals surface area contributed by atoms with Gasteiger partial charge in [-0.3, -0.25) is 0 Å². The fourth-order valence-electron chi connectivity index (χ4n) is 6.17. The van der Waals surface area contributed by atoms with Gasteiger partial charge in [-0.1, -0.05) is 155 Å². The summed E-state index contributed by atoms with van der Waals surface area (Å²) in [7, 11) is -1.40. The number of hydrogen-bond donors (Lipinski definition) is 0. The Balaban J connectivity index is 1.67. The number of hydrogen-bond acceptors (Lipinski definition) is 5. The van der Waals surface area contributed by atoms with Crippen molar-refractivity contribution in [3.63, 3.8) is 0 Å². The van der Waals surface area contributed by atoms with Gasteiger partial charge in [0.25, 0.3) is 0 Å².